The van der Waals surface area contributed by atoms with E-state index in [0.717, 1.165) is 17.9 Å². The highest BCUT2D eigenvalue weighted by Crippen LogP contribution is 2.24. The monoisotopic (exact) mass is 227 g/mol. The van der Waals surface area contributed by atoms with Crippen molar-refractivity contribution in [3.63, 3.8) is 0 Å². The molecule has 3 rings (SSSR count). The third-order valence-electron chi connectivity index (χ3n) is 3.32. The lowest BCUT2D eigenvalue weighted by Crippen LogP contribution is -2.12. The molecule has 0 aliphatic carbocycles. The van der Waals surface area contributed by atoms with Gasteiger partial charge >= 0.3 is 0 Å². The van der Waals surface area contributed by atoms with Crippen LogP contribution in [0.4, 0.5) is 0 Å². The van der Waals surface area contributed by atoms with Gasteiger partial charge < -0.3 is 10.3 Å². The largest absolute Gasteiger partial charge is 0.341 e. The van der Waals surface area contributed by atoms with E-state index in [-0.39, 0.29) is 0 Å². The Labute approximate surface area is 101 Å². The zero-order valence-electron chi connectivity index (χ0n) is 10.0. The van der Waals surface area contributed by atoms with Crippen molar-refractivity contribution in [1.29, 1.82) is 0 Å². The molecule has 3 nitrogen and oxygen atoms in total. The molecule has 17 heavy (non-hydrogen) atoms. The Morgan fingerprint density at radius 1 is 1.35 bits per heavy atom. The van der Waals surface area contributed by atoms with Crippen LogP contribution in [-0.2, 0) is 0 Å². The van der Waals surface area contributed by atoms with E-state index in [1.807, 2.05) is 6.20 Å². The standard InChI is InChI=1S/C14H17N3/c1-10-4-2-5-11(8-10)14-16-9-13(17-14)12-6-3-7-15-12/h2,4-5,8-9,12,15H,3,6-7H2,1H3,(H,16,17). The molecule has 0 amide bonds. The van der Waals surface area contributed by atoms with Crippen LogP contribution in [-0.4, -0.2) is 16.5 Å². The van der Waals surface area contributed by atoms with Crippen molar-refractivity contribution in [1.82, 2.24) is 15.3 Å². The van der Waals surface area contributed by atoms with Crippen molar-refractivity contribution in [3.05, 3.63) is 41.7 Å². The van der Waals surface area contributed by atoms with Gasteiger partial charge in [0, 0.05) is 11.6 Å². The number of aromatic amines is 1. The zero-order chi connectivity index (χ0) is 11.7. The van der Waals surface area contributed by atoms with Crippen molar-refractivity contribution in [2.75, 3.05) is 6.54 Å². The topological polar surface area (TPSA) is 40.7 Å². The Kier molecular flexibility index (Phi) is 2.69. The average molecular weight is 227 g/mol. The molecule has 1 aliphatic heterocycles. The first-order valence-electron chi connectivity index (χ1n) is 6.18. The van der Waals surface area contributed by atoms with Gasteiger partial charge in [-0.05, 0) is 32.4 Å². The Bertz CT molecular complexity index is 510. The molecular weight excluding hydrogens is 210 g/mol. The van der Waals surface area contributed by atoms with E-state index in [0.29, 0.717) is 6.04 Å². The maximum atomic E-state index is 4.48. The summed E-state index contributed by atoms with van der Waals surface area (Å²) in [6, 6.07) is 8.88. The number of imidazole rings is 1. The number of benzene rings is 1. The van der Waals surface area contributed by atoms with Crippen LogP contribution < -0.4 is 5.32 Å². The number of hydrogen-bond donors (Lipinski definition) is 2. The minimum Gasteiger partial charge on any atom is -0.341 e. The lowest BCUT2D eigenvalue weighted by Gasteiger charge is -2.06. The molecule has 1 aromatic heterocycles. The molecule has 2 aromatic rings. The van der Waals surface area contributed by atoms with Gasteiger partial charge in [0.1, 0.15) is 5.82 Å². The van der Waals surface area contributed by atoms with Crippen LogP contribution in [0.25, 0.3) is 11.4 Å². The van der Waals surface area contributed by atoms with Crippen LogP contribution in [0.5, 0.6) is 0 Å². The van der Waals surface area contributed by atoms with Gasteiger partial charge in [-0.25, -0.2) is 4.98 Å². The van der Waals surface area contributed by atoms with Crippen molar-refractivity contribution >= 4 is 0 Å². The predicted molar refractivity (Wildman–Crippen MR) is 68.7 cm³/mol. The van der Waals surface area contributed by atoms with E-state index in [2.05, 4.69) is 46.5 Å². The minimum atomic E-state index is 0.459. The van der Waals surface area contributed by atoms with Gasteiger partial charge in [-0.1, -0.05) is 23.8 Å². The Morgan fingerprint density at radius 3 is 3.06 bits per heavy atom. The third kappa shape index (κ3) is 2.11. The van der Waals surface area contributed by atoms with Gasteiger partial charge in [0.05, 0.1) is 11.9 Å². The maximum absolute atomic E-state index is 4.48. The number of H-pyrrole nitrogens is 1. The maximum Gasteiger partial charge on any atom is 0.137 e. The summed E-state index contributed by atoms with van der Waals surface area (Å²) in [5, 5.41) is 3.48. The van der Waals surface area contributed by atoms with E-state index >= 15 is 0 Å². The number of nitrogens with zero attached hydrogens (tertiary/aromatic N) is 1. The summed E-state index contributed by atoms with van der Waals surface area (Å²) in [7, 11) is 0. The smallest absolute Gasteiger partial charge is 0.137 e. The van der Waals surface area contributed by atoms with Gasteiger partial charge in [0.25, 0.3) is 0 Å². The van der Waals surface area contributed by atoms with Crippen LogP contribution in [0.2, 0.25) is 0 Å². The summed E-state index contributed by atoms with van der Waals surface area (Å²) in [6.07, 6.45) is 4.42. The molecule has 1 aliphatic rings. The van der Waals surface area contributed by atoms with Crippen LogP contribution in [0, 0.1) is 6.92 Å². The summed E-state index contributed by atoms with van der Waals surface area (Å²) >= 11 is 0. The number of hydrogen-bond acceptors (Lipinski definition) is 2. The zero-order valence-corrected chi connectivity index (χ0v) is 10.0. The van der Waals surface area contributed by atoms with E-state index < -0.39 is 0 Å². The van der Waals surface area contributed by atoms with E-state index in [4.69, 9.17) is 0 Å². The molecule has 0 radical (unpaired) electrons. The van der Waals surface area contributed by atoms with E-state index in [9.17, 15) is 0 Å². The summed E-state index contributed by atoms with van der Waals surface area (Å²) in [4.78, 5) is 7.90. The fourth-order valence-corrected chi connectivity index (χ4v) is 2.40. The molecule has 2 N–H and O–H groups in total. The summed E-state index contributed by atoms with van der Waals surface area (Å²) in [5.74, 6) is 0.970. The lowest BCUT2D eigenvalue weighted by atomic mass is 10.1. The van der Waals surface area contributed by atoms with Gasteiger partial charge in [0.15, 0.2) is 0 Å². The summed E-state index contributed by atoms with van der Waals surface area (Å²) in [6.45, 7) is 3.22. The highest BCUT2D eigenvalue weighted by atomic mass is 15.0. The molecule has 1 atom stereocenters. The lowest BCUT2D eigenvalue weighted by molar-refractivity contribution is 0.632. The highest BCUT2D eigenvalue weighted by Gasteiger charge is 2.18. The van der Waals surface area contributed by atoms with Crippen molar-refractivity contribution < 1.29 is 0 Å². The number of nitrogens with one attached hydrogen (secondary N) is 2. The van der Waals surface area contributed by atoms with Crippen molar-refractivity contribution in [2.45, 2.75) is 25.8 Å². The third-order valence-corrected chi connectivity index (χ3v) is 3.32. The molecule has 0 bridgehead atoms. The van der Waals surface area contributed by atoms with Crippen LogP contribution in [0.15, 0.2) is 30.5 Å². The SMILES string of the molecule is Cc1cccc(-c2ncc(C3CCCN3)[nH]2)c1. The van der Waals surface area contributed by atoms with E-state index in [1.54, 1.807) is 0 Å². The van der Waals surface area contributed by atoms with Crippen LogP contribution in [0.1, 0.15) is 30.1 Å². The quantitative estimate of drug-likeness (QED) is 0.828. The van der Waals surface area contributed by atoms with Crippen LogP contribution >= 0.6 is 0 Å². The predicted octanol–water partition coefficient (Wildman–Crippen LogP) is 2.81. The second kappa shape index (κ2) is 4.34. The molecule has 3 heteroatoms. The van der Waals surface area contributed by atoms with E-state index in [1.165, 1.54) is 24.1 Å². The second-order valence-electron chi connectivity index (χ2n) is 4.71. The minimum absolute atomic E-state index is 0.459. The van der Waals surface area contributed by atoms with Gasteiger partial charge in [0.2, 0.25) is 0 Å². The fraction of sp³-hybridized carbons (Fsp3) is 0.357. The fourth-order valence-electron chi connectivity index (χ4n) is 2.40. The number of rotatable bonds is 2. The van der Waals surface area contributed by atoms with Gasteiger partial charge in [-0.3, -0.25) is 0 Å². The first-order valence-corrected chi connectivity index (χ1v) is 6.18. The number of aromatic nitrogens is 2. The highest BCUT2D eigenvalue weighted by molar-refractivity contribution is 5.56. The summed E-state index contributed by atoms with van der Waals surface area (Å²) in [5.41, 5.74) is 3.63. The Hall–Kier alpha value is -1.61. The Balaban J connectivity index is 1.89. The molecular formula is C14H17N3. The molecule has 1 saturated heterocycles. The molecule has 1 aromatic carbocycles. The van der Waals surface area contributed by atoms with Crippen molar-refractivity contribution in [3.8, 4) is 11.4 Å². The summed E-state index contributed by atoms with van der Waals surface area (Å²) < 4.78 is 0. The Morgan fingerprint density at radius 2 is 2.29 bits per heavy atom. The first kappa shape index (κ1) is 10.5. The molecule has 1 fully saturated rings. The molecule has 0 spiro atoms. The second-order valence-corrected chi connectivity index (χ2v) is 4.71. The molecule has 2 heterocycles. The van der Waals surface area contributed by atoms with Crippen molar-refractivity contribution in [2.24, 2.45) is 0 Å². The van der Waals surface area contributed by atoms with Gasteiger partial charge in [-0.15, -0.1) is 0 Å². The molecule has 1 unspecified atom stereocenters. The normalized spacial score (nSPS) is 19.7. The average Bonchev–Trinajstić information content (AvgIpc) is 3.00. The molecule has 0 saturated carbocycles. The first-order chi connectivity index (χ1) is 8.33. The molecule has 88 valence electrons. The van der Waals surface area contributed by atoms with Gasteiger partial charge in [-0.2, -0.15) is 0 Å². The van der Waals surface area contributed by atoms with Crippen LogP contribution in [0.3, 0.4) is 0 Å². The number of aryl methyl sites for hydroxylation is 1.